The van der Waals surface area contributed by atoms with Gasteiger partial charge >= 0.3 is 0 Å². The molecule has 2 aromatic rings. The van der Waals surface area contributed by atoms with Gasteiger partial charge in [0.25, 0.3) is 11.8 Å². The van der Waals surface area contributed by atoms with Crippen LogP contribution in [-0.4, -0.2) is 61.3 Å². The molecule has 7 heteroatoms. The Morgan fingerprint density at radius 2 is 2.10 bits per heavy atom. The standard InChI is InChI=1S/C24H28N2O4S/c1-2-11-25-23(28)24(16-18-7-9-19(10-8-18)21-6-4-15-31-21)17-26(12-14-30-24)22(27)20-5-3-13-29-20/h2,4,6-10,15,20H,1,3,5,11-14,16-17H2,(H,25,28). The summed E-state index contributed by atoms with van der Waals surface area (Å²) in [5.74, 6) is -0.269. The van der Waals surface area contributed by atoms with E-state index in [-0.39, 0.29) is 18.4 Å². The maximum Gasteiger partial charge on any atom is 0.254 e. The van der Waals surface area contributed by atoms with E-state index in [1.165, 1.54) is 4.88 Å². The van der Waals surface area contributed by atoms with Gasteiger partial charge in [-0.3, -0.25) is 9.59 Å². The van der Waals surface area contributed by atoms with Gasteiger partial charge < -0.3 is 19.7 Å². The monoisotopic (exact) mass is 440 g/mol. The molecule has 2 unspecified atom stereocenters. The first-order valence-electron chi connectivity index (χ1n) is 10.7. The first-order valence-corrected chi connectivity index (χ1v) is 11.6. The number of hydrogen-bond donors (Lipinski definition) is 1. The lowest BCUT2D eigenvalue weighted by molar-refractivity contribution is -0.169. The van der Waals surface area contributed by atoms with Crippen molar-refractivity contribution < 1.29 is 19.1 Å². The number of amides is 2. The molecular formula is C24H28N2O4S. The largest absolute Gasteiger partial charge is 0.368 e. The fraction of sp³-hybridized carbons (Fsp3) is 0.417. The Labute approximate surface area is 186 Å². The number of nitrogens with zero attached hydrogens (tertiary/aromatic N) is 1. The zero-order valence-electron chi connectivity index (χ0n) is 17.5. The Balaban J connectivity index is 1.55. The molecule has 164 valence electrons. The van der Waals surface area contributed by atoms with E-state index in [4.69, 9.17) is 9.47 Å². The van der Waals surface area contributed by atoms with Crippen LogP contribution >= 0.6 is 11.3 Å². The van der Waals surface area contributed by atoms with Gasteiger partial charge in [-0.25, -0.2) is 0 Å². The summed E-state index contributed by atoms with van der Waals surface area (Å²) in [5, 5.41) is 4.93. The zero-order chi connectivity index (χ0) is 21.7. The molecule has 0 saturated carbocycles. The van der Waals surface area contributed by atoms with E-state index in [2.05, 4.69) is 35.5 Å². The maximum absolute atomic E-state index is 13.2. The van der Waals surface area contributed by atoms with E-state index in [0.717, 1.165) is 24.0 Å². The average molecular weight is 441 g/mol. The van der Waals surface area contributed by atoms with Crippen molar-refractivity contribution in [3.8, 4) is 10.4 Å². The zero-order valence-corrected chi connectivity index (χ0v) is 18.4. The highest BCUT2D eigenvalue weighted by atomic mass is 32.1. The highest BCUT2D eigenvalue weighted by Gasteiger charge is 2.46. The number of nitrogens with one attached hydrogen (secondary N) is 1. The Bertz CT molecular complexity index is 906. The number of rotatable bonds is 7. The summed E-state index contributed by atoms with van der Waals surface area (Å²) in [6.07, 6.45) is 3.24. The number of morpholine rings is 1. The molecule has 2 amide bonds. The highest BCUT2D eigenvalue weighted by molar-refractivity contribution is 7.13. The van der Waals surface area contributed by atoms with Gasteiger partial charge in [0.15, 0.2) is 5.60 Å². The van der Waals surface area contributed by atoms with E-state index in [1.54, 1.807) is 22.3 Å². The average Bonchev–Trinajstić information content (AvgIpc) is 3.52. The van der Waals surface area contributed by atoms with Crippen LogP contribution in [0.15, 0.2) is 54.4 Å². The Kier molecular flexibility index (Phi) is 6.85. The molecule has 2 aliphatic heterocycles. The smallest absolute Gasteiger partial charge is 0.254 e. The van der Waals surface area contributed by atoms with Crippen molar-refractivity contribution in [2.45, 2.75) is 31.0 Å². The minimum Gasteiger partial charge on any atom is -0.368 e. The predicted octanol–water partition coefficient (Wildman–Crippen LogP) is 3.04. The Morgan fingerprint density at radius 1 is 1.26 bits per heavy atom. The molecule has 1 aromatic heterocycles. The van der Waals surface area contributed by atoms with Crippen molar-refractivity contribution in [3.63, 3.8) is 0 Å². The third kappa shape index (κ3) is 4.89. The molecule has 0 bridgehead atoms. The lowest BCUT2D eigenvalue weighted by Gasteiger charge is -2.42. The SMILES string of the molecule is C=CCNC(=O)C1(Cc2ccc(-c3cccs3)cc2)CN(C(=O)C2CCCO2)CCO1. The summed E-state index contributed by atoms with van der Waals surface area (Å²) in [4.78, 5) is 29.1. The lowest BCUT2D eigenvalue weighted by atomic mass is 9.90. The number of hydrogen-bond acceptors (Lipinski definition) is 5. The van der Waals surface area contributed by atoms with Crippen LogP contribution in [0.5, 0.6) is 0 Å². The van der Waals surface area contributed by atoms with Crippen molar-refractivity contribution in [3.05, 3.63) is 60.0 Å². The number of carbonyl (C=O) groups is 2. The first kappa shape index (κ1) is 21.7. The number of thiophene rings is 1. The van der Waals surface area contributed by atoms with Gasteiger partial charge in [-0.05, 0) is 35.4 Å². The second-order valence-electron chi connectivity index (χ2n) is 7.95. The summed E-state index contributed by atoms with van der Waals surface area (Å²) in [6.45, 7) is 5.63. The van der Waals surface area contributed by atoms with Crippen molar-refractivity contribution in [2.24, 2.45) is 0 Å². The third-order valence-corrected chi connectivity index (χ3v) is 6.69. The van der Waals surface area contributed by atoms with Crippen molar-refractivity contribution >= 4 is 23.2 Å². The van der Waals surface area contributed by atoms with Crippen LogP contribution in [-0.2, 0) is 25.5 Å². The summed E-state index contributed by atoms with van der Waals surface area (Å²) in [5.41, 5.74) is 0.990. The highest BCUT2D eigenvalue weighted by Crippen LogP contribution is 2.29. The Morgan fingerprint density at radius 3 is 2.77 bits per heavy atom. The van der Waals surface area contributed by atoms with E-state index in [0.29, 0.717) is 32.7 Å². The molecule has 1 aromatic carbocycles. The summed E-state index contributed by atoms with van der Waals surface area (Å²) in [6, 6.07) is 12.3. The normalized spacial score (nSPS) is 23.5. The van der Waals surface area contributed by atoms with Crippen LogP contribution in [0.1, 0.15) is 18.4 Å². The first-order chi connectivity index (χ1) is 15.1. The van der Waals surface area contributed by atoms with E-state index in [1.807, 2.05) is 18.2 Å². The van der Waals surface area contributed by atoms with Gasteiger partial charge in [0.2, 0.25) is 0 Å². The quantitative estimate of drug-likeness (QED) is 0.672. The molecule has 2 atom stereocenters. The van der Waals surface area contributed by atoms with E-state index < -0.39 is 11.7 Å². The van der Waals surface area contributed by atoms with Gasteiger partial charge in [-0.1, -0.05) is 36.4 Å². The number of ether oxygens (including phenoxy) is 2. The molecule has 3 heterocycles. The minimum absolute atomic E-state index is 0.0465. The van der Waals surface area contributed by atoms with Gasteiger partial charge in [-0.15, -0.1) is 17.9 Å². The second kappa shape index (κ2) is 9.77. The van der Waals surface area contributed by atoms with E-state index >= 15 is 0 Å². The second-order valence-corrected chi connectivity index (χ2v) is 8.90. The molecule has 2 saturated heterocycles. The fourth-order valence-electron chi connectivity index (χ4n) is 4.16. The number of carbonyl (C=O) groups excluding carboxylic acids is 2. The summed E-state index contributed by atoms with van der Waals surface area (Å²) < 4.78 is 11.7. The summed E-state index contributed by atoms with van der Waals surface area (Å²) in [7, 11) is 0. The molecule has 0 spiro atoms. The third-order valence-electron chi connectivity index (χ3n) is 5.77. The summed E-state index contributed by atoms with van der Waals surface area (Å²) >= 11 is 1.69. The molecule has 4 rings (SSSR count). The predicted molar refractivity (Wildman–Crippen MR) is 121 cm³/mol. The van der Waals surface area contributed by atoms with Crippen LogP contribution in [0.25, 0.3) is 10.4 Å². The van der Waals surface area contributed by atoms with Crippen LogP contribution in [0.2, 0.25) is 0 Å². The minimum atomic E-state index is -1.14. The molecule has 2 fully saturated rings. The van der Waals surface area contributed by atoms with Gasteiger partial charge in [0, 0.05) is 31.0 Å². The van der Waals surface area contributed by atoms with Gasteiger partial charge in [-0.2, -0.15) is 0 Å². The van der Waals surface area contributed by atoms with Crippen LogP contribution in [0.3, 0.4) is 0 Å². The molecule has 1 N–H and O–H groups in total. The molecule has 6 nitrogen and oxygen atoms in total. The lowest BCUT2D eigenvalue weighted by Crippen LogP contribution is -2.63. The van der Waals surface area contributed by atoms with Gasteiger partial charge in [0.05, 0.1) is 13.2 Å². The van der Waals surface area contributed by atoms with Crippen molar-refractivity contribution in [2.75, 3.05) is 32.8 Å². The number of benzene rings is 1. The molecule has 2 aliphatic rings. The fourth-order valence-corrected chi connectivity index (χ4v) is 4.89. The maximum atomic E-state index is 13.2. The van der Waals surface area contributed by atoms with Crippen LogP contribution < -0.4 is 5.32 Å². The molecule has 0 radical (unpaired) electrons. The Hall–Kier alpha value is -2.48. The molecular weight excluding hydrogens is 412 g/mol. The van der Waals surface area contributed by atoms with E-state index in [9.17, 15) is 9.59 Å². The van der Waals surface area contributed by atoms with Crippen molar-refractivity contribution in [1.29, 1.82) is 0 Å². The molecule has 31 heavy (non-hydrogen) atoms. The van der Waals surface area contributed by atoms with Crippen LogP contribution in [0.4, 0.5) is 0 Å². The van der Waals surface area contributed by atoms with Crippen LogP contribution in [0, 0.1) is 0 Å². The van der Waals surface area contributed by atoms with Gasteiger partial charge in [0.1, 0.15) is 6.10 Å². The topological polar surface area (TPSA) is 67.9 Å². The molecule has 0 aliphatic carbocycles. The van der Waals surface area contributed by atoms with Crippen molar-refractivity contribution in [1.82, 2.24) is 10.2 Å².